The van der Waals surface area contributed by atoms with Gasteiger partial charge in [0.05, 0.1) is 21.8 Å². The van der Waals surface area contributed by atoms with E-state index in [4.69, 9.17) is 4.74 Å². The molecule has 6 nitrogen and oxygen atoms in total. The molecule has 0 fully saturated rings. The van der Waals surface area contributed by atoms with Crippen molar-refractivity contribution in [1.82, 2.24) is 14.9 Å². The number of carbonyl (C=O) groups is 2. The van der Waals surface area contributed by atoms with Gasteiger partial charge in [-0.15, -0.1) is 11.3 Å². The molecule has 0 radical (unpaired) electrons. The first-order valence-electron chi connectivity index (χ1n) is 7.74. The van der Waals surface area contributed by atoms with Crippen molar-refractivity contribution in [3.8, 4) is 0 Å². The molecule has 0 spiro atoms. The number of pyridine rings is 1. The van der Waals surface area contributed by atoms with Crippen LogP contribution in [-0.2, 0) is 9.53 Å². The topological polar surface area (TPSA) is 72.4 Å². The molecule has 0 aliphatic heterocycles. The summed E-state index contributed by atoms with van der Waals surface area (Å²) in [6.07, 6.45) is 3.00. The number of para-hydroxylation sites is 1. The van der Waals surface area contributed by atoms with Gasteiger partial charge in [0.15, 0.2) is 6.61 Å². The maximum atomic E-state index is 12.3. The smallest absolute Gasteiger partial charge is 0.338 e. The lowest BCUT2D eigenvalue weighted by Crippen LogP contribution is -2.33. The van der Waals surface area contributed by atoms with Gasteiger partial charge in [0.2, 0.25) is 0 Å². The zero-order valence-corrected chi connectivity index (χ0v) is 14.7. The van der Waals surface area contributed by atoms with Crippen molar-refractivity contribution in [1.29, 1.82) is 0 Å². The minimum absolute atomic E-state index is 0.204. The summed E-state index contributed by atoms with van der Waals surface area (Å²) in [4.78, 5) is 34.2. The van der Waals surface area contributed by atoms with Crippen LogP contribution in [0.1, 0.15) is 28.3 Å². The van der Waals surface area contributed by atoms with Crippen LogP contribution in [0.2, 0.25) is 0 Å². The summed E-state index contributed by atoms with van der Waals surface area (Å²) in [6.45, 7) is 1.59. The monoisotopic (exact) mass is 355 g/mol. The maximum absolute atomic E-state index is 12.3. The molecule has 0 N–H and O–H groups in total. The lowest BCUT2D eigenvalue weighted by atomic mass is 10.3. The molecule has 1 atom stereocenters. The summed E-state index contributed by atoms with van der Waals surface area (Å²) < 4.78 is 6.16. The van der Waals surface area contributed by atoms with E-state index in [0.29, 0.717) is 5.56 Å². The number of likely N-dealkylation sites (N-methyl/N-ethyl adjacent to an activating group) is 1. The minimum Gasteiger partial charge on any atom is -0.452 e. The van der Waals surface area contributed by atoms with E-state index in [1.807, 2.05) is 31.2 Å². The molecule has 0 saturated heterocycles. The molecule has 0 aliphatic rings. The predicted octanol–water partition coefficient (Wildman–Crippen LogP) is 3.07. The third-order valence-electron chi connectivity index (χ3n) is 3.88. The minimum atomic E-state index is -0.545. The third-order valence-corrected chi connectivity index (χ3v) is 5.09. The highest BCUT2D eigenvalue weighted by Gasteiger charge is 2.22. The van der Waals surface area contributed by atoms with E-state index in [0.717, 1.165) is 15.2 Å². The molecule has 25 heavy (non-hydrogen) atoms. The van der Waals surface area contributed by atoms with Gasteiger partial charge in [0, 0.05) is 19.4 Å². The molecule has 7 heteroatoms. The number of hydrogen-bond donors (Lipinski definition) is 0. The van der Waals surface area contributed by atoms with Crippen molar-refractivity contribution in [2.75, 3.05) is 13.7 Å². The van der Waals surface area contributed by atoms with Crippen LogP contribution in [0, 0.1) is 0 Å². The Balaban J connectivity index is 1.62. The van der Waals surface area contributed by atoms with E-state index in [9.17, 15) is 9.59 Å². The fourth-order valence-corrected chi connectivity index (χ4v) is 3.31. The van der Waals surface area contributed by atoms with Crippen molar-refractivity contribution in [3.63, 3.8) is 0 Å². The third kappa shape index (κ3) is 3.83. The number of fused-ring (bicyclic) bond motifs is 1. The number of hydrogen-bond acceptors (Lipinski definition) is 6. The highest BCUT2D eigenvalue weighted by atomic mass is 32.1. The molecule has 128 valence electrons. The molecule has 3 aromatic rings. The average molecular weight is 355 g/mol. The quantitative estimate of drug-likeness (QED) is 0.658. The fourth-order valence-electron chi connectivity index (χ4n) is 2.25. The van der Waals surface area contributed by atoms with Crippen molar-refractivity contribution in [2.45, 2.75) is 13.0 Å². The van der Waals surface area contributed by atoms with E-state index in [-0.39, 0.29) is 18.6 Å². The Labute approximate surface area is 149 Å². The summed E-state index contributed by atoms with van der Waals surface area (Å²) in [6, 6.07) is 10.7. The van der Waals surface area contributed by atoms with Crippen LogP contribution >= 0.6 is 11.3 Å². The van der Waals surface area contributed by atoms with Crippen LogP contribution in [0.3, 0.4) is 0 Å². The van der Waals surface area contributed by atoms with Gasteiger partial charge in [-0.25, -0.2) is 9.78 Å². The van der Waals surface area contributed by atoms with E-state index in [1.165, 1.54) is 17.3 Å². The maximum Gasteiger partial charge on any atom is 0.338 e. The molecule has 0 saturated carbocycles. The Morgan fingerprint density at radius 3 is 2.64 bits per heavy atom. The summed E-state index contributed by atoms with van der Waals surface area (Å²) in [5.41, 5.74) is 1.28. The molecule has 1 amide bonds. The molecule has 3 rings (SSSR count). The highest BCUT2D eigenvalue weighted by Crippen LogP contribution is 2.28. The van der Waals surface area contributed by atoms with Crippen LogP contribution in [0.5, 0.6) is 0 Å². The van der Waals surface area contributed by atoms with Crippen LogP contribution < -0.4 is 0 Å². The van der Waals surface area contributed by atoms with E-state index in [2.05, 4.69) is 9.97 Å². The summed E-state index contributed by atoms with van der Waals surface area (Å²) in [5.74, 6) is -0.828. The van der Waals surface area contributed by atoms with Gasteiger partial charge in [-0.1, -0.05) is 12.1 Å². The Bertz CT molecular complexity index is 862. The Morgan fingerprint density at radius 1 is 1.20 bits per heavy atom. The number of esters is 1. The number of thiazole rings is 1. The molecule has 0 aliphatic carbocycles. The van der Waals surface area contributed by atoms with Crippen molar-refractivity contribution < 1.29 is 14.3 Å². The van der Waals surface area contributed by atoms with Crippen LogP contribution in [0.4, 0.5) is 0 Å². The van der Waals surface area contributed by atoms with Gasteiger partial charge in [0.1, 0.15) is 5.01 Å². The number of carbonyl (C=O) groups excluding carboxylic acids is 2. The number of amides is 1. The summed E-state index contributed by atoms with van der Waals surface area (Å²) in [5, 5.41) is 0.845. The van der Waals surface area contributed by atoms with E-state index in [1.54, 1.807) is 30.5 Å². The van der Waals surface area contributed by atoms with Crippen LogP contribution in [0.15, 0.2) is 48.8 Å². The Kier molecular flexibility index (Phi) is 5.04. The molecule has 2 heterocycles. The Hall–Kier alpha value is -2.80. The van der Waals surface area contributed by atoms with E-state index < -0.39 is 5.97 Å². The molecule has 0 unspecified atom stereocenters. The number of rotatable bonds is 5. The number of benzene rings is 1. The van der Waals surface area contributed by atoms with Gasteiger partial charge in [-0.3, -0.25) is 9.78 Å². The second-order valence-electron chi connectivity index (χ2n) is 5.51. The van der Waals surface area contributed by atoms with Gasteiger partial charge >= 0.3 is 5.97 Å². The van der Waals surface area contributed by atoms with Gasteiger partial charge in [-0.05, 0) is 31.2 Å². The van der Waals surface area contributed by atoms with E-state index >= 15 is 0 Å². The molecular formula is C18H17N3O3S. The molecular weight excluding hydrogens is 338 g/mol. The standard InChI is InChI=1S/C18H17N3O3S/c1-12(17-20-14-5-3-4-6-15(14)25-17)21(2)16(22)11-24-18(23)13-7-9-19-10-8-13/h3-10,12H,11H2,1-2H3/t12-/m0/s1. The first kappa shape index (κ1) is 17.0. The SMILES string of the molecule is C[C@@H](c1nc2ccccc2s1)N(C)C(=O)COC(=O)c1ccncc1. The predicted molar refractivity (Wildman–Crippen MR) is 95.3 cm³/mol. The zero-order valence-electron chi connectivity index (χ0n) is 13.9. The second-order valence-corrected chi connectivity index (χ2v) is 6.57. The first-order chi connectivity index (χ1) is 12.1. The van der Waals surface area contributed by atoms with Crippen LogP contribution in [0.25, 0.3) is 10.2 Å². The lowest BCUT2D eigenvalue weighted by Gasteiger charge is -2.23. The van der Waals surface area contributed by atoms with Gasteiger partial charge < -0.3 is 9.64 Å². The van der Waals surface area contributed by atoms with Crippen molar-refractivity contribution >= 4 is 33.4 Å². The summed E-state index contributed by atoms with van der Waals surface area (Å²) >= 11 is 1.55. The van der Waals surface area contributed by atoms with Gasteiger partial charge in [0.25, 0.3) is 5.91 Å². The zero-order chi connectivity index (χ0) is 17.8. The second kappa shape index (κ2) is 7.40. The van der Waals surface area contributed by atoms with Crippen molar-refractivity contribution in [3.05, 3.63) is 59.4 Å². The largest absolute Gasteiger partial charge is 0.452 e. The first-order valence-corrected chi connectivity index (χ1v) is 8.56. The van der Waals surface area contributed by atoms with Crippen LogP contribution in [-0.4, -0.2) is 40.4 Å². The number of nitrogens with zero attached hydrogens (tertiary/aromatic N) is 3. The fraction of sp³-hybridized carbons (Fsp3) is 0.222. The molecule has 0 bridgehead atoms. The number of ether oxygens (including phenoxy) is 1. The lowest BCUT2D eigenvalue weighted by molar-refractivity contribution is -0.135. The average Bonchev–Trinajstić information content (AvgIpc) is 3.09. The Morgan fingerprint density at radius 2 is 1.92 bits per heavy atom. The van der Waals surface area contributed by atoms with Crippen molar-refractivity contribution in [2.24, 2.45) is 0 Å². The molecule has 2 aromatic heterocycles. The molecule has 1 aromatic carbocycles. The van der Waals surface area contributed by atoms with Gasteiger partial charge in [-0.2, -0.15) is 0 Å². The number of aromatic nitrogens is 2. The highest BCUT2D eigenvalue weighted by molar-refractivity contribution is 7.18. The normalized spacial score (nSPS) is 11.9. The summed E-state index contributed by atoms with van der Waals surface area (Å²) in [7, 11) is 1.68.